The van der Waals surface area contributed by atoms with Crippen molar-refractivity contribution >= 4 is 44.4 Å². The van der Waals surface area contributed by atoms with Gasteiger partial charge in [-0.25, -0.2) is 4.98 Å². The molecule has 0 radical (unpaired) electrons. The smallest absolute Gasteiger partial charge is 0.231 e. The molecule has 1 aliphatic carbocycles. The number of ether oxygens (including phenoxy) is 2. The van der Waals surface area contributed by atoms with Gasteiger partial charge in [-0.1, -0.05) is 6.07 Å². The molecule has 0 saturated heterocycles. The van der Waals surface area contributed by atoms with E-state index >= 15 is 0 Å². The quantitative estimate of drug-likeness (QED) is 0.434. The van der Waals surface area contributed by atoms with Crippen molar-refractivity contribution in [2.75, 3.05) is 12.5 Å². The van der Waals surface area contributed by atoms with Gasteiger partial charge in [0.2, 0.25) is 12.6 Å². The minimum atomic E-state index is -0.101. The van der Waals surface area contributed by atoms with E-state index in [1.807, 2.05) is 0 Å². The van der Waals surface area contributed by atoms with Crippen LogP contribution in [0.3, 0.4) is 0 Å². The fourth-order valence-corrected chi connectivity index (χ4v) is 6.20. The van der Waals surface area contributed by atoms with E-state index in [0.29, 0.717) is 27.6 Å². The Morgan fingerprint density at radius 3 is 2.73 bits per heavy atom. The third-order valence-electron chi connectivity index (χ3n) is 5.79. The summed E-state index contributed by atoms with van der Waals surface area (Å²) in [5, 5.41) is 3.05. The molecule has 4 aromatic rings. The Balaban J connectivity index is 1.53. The van der Waals surface area contributed by atoms with Gasteiger partial charge in [-0.05, 0) is 66.5 Å². The molecular formula is C23H18N2O3S2. The molecule has 0 unspecified atom stereocenters. The first-order valence-electron chi connectivity index (χ1n) is 9.92. The molecule has 0 saturated carbocycles. The fourth-order valence-electron chi connectivity index (χ4n) is 4.37. The number of hydrogen-bond donors (Lipinski definition) is 1. The molecule has 150 valence electrons. The first kappa shape index (κ1) is 17.9. The minimum Gasteiger partial charge on any atom is -0.454 e. The van der Waals surface area contributed by atoms with Gasteiger partial charge >= 0.3 is 0 Å². The van der Waals surface area contributed by atoms with Crippen LogP contribution in [0.25, 0.3) is 20.8 Å². The summed E-state index contributed by atoms with van der Waals surface area (Å²) in [6.45, 7) is 0.180. The van der Waals surface area contributed by atoms with Crippen LogP contribution in [-0.4, -0.2) is 17.6 Å². The number of carbonyl (C=O) groups excluding carboxylic acids is 1. The number of hydrogen-bond acceptors (Lipinski definition) is 7. The molecular weight excluding hydrogens is 416 g/mol. The highest BCUT2D eigenvalue weighted by Crippen LogP contribution is 2.44. The topological polar surface area (TPSA) is 74.4 Å². The number of benzene rings is 1. The molecule has 0 spiro atoms. The van der Waals surface area contributed by atoms with Crippen molar-refractivity contribution in [2.45, 2.75) is 25.7 Å². The average molecular weight is 435 g/mol. The molecule has 2 aliphatic rings. The Morgan fingerprint density at radius 1 is 1.07 bits per heavy atom. The van der Waals surface area contributed by atoms with Crippen molar-refractivity contribution in [3.05, 3.63) is 57.3 Å². The molecule has 0 atom stereocenters. The number of nitrogen functional groups attached to an aromatic ring is 1. The van der Waals surface area contributed by atoms with Crippen LogP contribution in [0, 0.1) is 0 Å². The van der Waals surface area contributed by atoms with Gasteiger partial charge in [0.05, 0.1) is 16.3 Å². The first-order chi connectivity index (χ1) is 14.7. The van der Waals surface area contributed by atoms with Crippen LogP contribution in [0.5, 0.6) is 11.5 Å². The van der Waals surface area contributed by atoms with Crippen LogP contribution in [0.4, 0.5) is 5.69 Å². The van der Waals surface area contributed by atoms with Crippen LogP contribution >= 0.6 is 22.7 Å². The zero-order valence-corrected chi connectivity index (χ0v) is 17.7. The number of thiophene rings is 2. The molecule has 30 heavy (non-hydrogen) atoms. The summed E-state index contributed by atoms with van der Waals surface area (Å²) in [5.74, 6) is 1.15. The SMILES string of the molecule is Nc1c(C(=O)c2ccc3c(c2)OCO3)sc2nc(-c3cccs3)c3c(c12)CCCC3. The van der Waals surface area contributed by atoms with Crippen LogP contribution in [0.15, 0.2) is 35.7 Å². The van der Waals surface area contributed by atoms with Crippen molar-refractivity contribution < 1.29 is 14.3 Å². The van der Waals surface area contributed by atoms with E-state index in [9.17, 15) is 4.79 Å². The number of ketones is 1. The Morgan fingerprint density at radius 2 is 1.90 bits per heavy atom. The lowest BCUT2D eigenvalue weighted by molar-refractivity contribution is 0.104. The highest BCUT2D eigenvalue weighted by atomic mass is 32.1. The largest absolute Gasteiger partial charge is 0.454 e. The van der Waals surface area contributed by atoms with Crippen molar-refractivity contribution in [1.29, 1.82) is 0 Å². The number of aromatic nitrogens is 1. The van der Waals surface area contributed by atoms with Crippen molar-refractivity contribution in [3.63, 3.8) is 0 Å². The summed E-state index contributed by atoms with van der Waals surface area (Å²) in [6.07, 6.45) is 4.28. The third-order valence-corrected chi connectivity index (χ3v) is 7.77. The van der Waals surface area contributed by atoms with Gasteiger partial charge in [-0.15, -0.1) is 22.7 Å². The first-order valence-corrected chi connectivity index (χ1v) is 11.6. The van der Waals surface area contributed by atoms with Crippen LogP contribution in [-0.2, 0) is 12.8 Å². The molecule has 3 aromatic heterocycles. The molecule has 5 nitrogen and oxygen atoms in total. The Bertz CT molecular complexity index is 1310. The number of fused-ring (bicyclic) bond motifs is 4. The van der Waals surface area contributed by atoms with E-state index in [-0.39, 0.29) is 12.6 Å². The van der Waals surface area contributed by atoms with E-state index < -0.39 is 0 Å². The zero-order valence-electron chi connectivity index (χ0n) is 16.1. The van der Waals surface area contributed by atoms with Crippen molar-refractivity contribution in [1.82, 2.24) is 4.98 Å². The van der Waals surface area contributed by atoms with Gasteiger partial charge < -0.3 is 15.2 Å². The minimum absolute atomic E-state index is 0.101. The summed E-state index contributed by atoms with van der Waals surface area (Å²) < 4.78 is 10.8. The maximum absolute atomic E-state index is 13.3. The lowest BCUT2D eigenvalue weighted by atomic mass is 9.88. The predicted octanol–water partition coefficient (Wildman–Crippen LogP) is 5.45. The Labute approximate surface area is 181 Å². The number of rotatable bonds is 3. The molecule has 6 rings (SSSR count). The van der Waals surface area contributed by atoms with Crippen molar-refractivity contribution in [2.24, 2.45) is 0 Å². The number of carbonyl (C=O) groups is 1. The van der Waals surface area contributed by atoms with Crippen molar-refractivity contribution in [3.8, 4) is 22.1 Å². The second-order valence-electron chi connectivity index (χ2n) is 7.52. The van der Waals surface area contributed by atoms with Gasteiger partial charge in [-0.2, -0.15) is 0 Å². The molecule has 0 bridgehead atoms. The number of nitrogens with zero attached hydrogens (tertiary/aromatic N) is 1. The summed E-state index contributed by atoms with van der Waals surface area (Å²) in [4.78, 5) is 20.9. The van der Waals surface area contributed by atoms with Gasteiger partial charge in [0.15, 0.2) is 11.5 Å². The van der Waals surface area contributed by atoms with E-state index in [2.05, 4.69) is 17.5 Å². The second-order valence-corrected chi connectivity index (χ2v) is 9.47. The van der Waals surface area contributed by atoms with Crippen LogP contribution < -0.4 is 15.2 Å². The van der Waals surface area contributed by atoms with Gasteiger partial charge in [0.1, 0.15) is 9.71 Å². The van der Waals surface area contributed by atoms with Crippen LogP contribution in [0.1, 0.15) is 39.2 Å². The lowest BCUT2D eigenvalue weighted by Gasteiger charge is -2.19. The summed E-state index contributed by atoms with van der Waals surface area (Å²) >= 11 is 3.09. The number of pyridine rings is 1. The Kier molecular flexibility index (Phi) is 4.07. The van der Waals surface area contributed by atoms with E-state index in [4.69, 9.17) is 20.2 Å². The molecule has 0 fully saturated rings. The van der Waals surface area contributed by atoms with Crippen LogP contribution in [0.2, 0.25) is 0 Å². The number of anilines is 1. The normalized spacial score (nSPS) is 14.8. The van der Waals surface area contributed by atoms with E-state index in [1.165, 1.54) is 27.3 Å². The van der Waals surface area contributed by atoms with E-state index in [0.717, 1.165) is 41.6 Å². The molecule has 0 amide bonds. The molecule has 7 heteroatoms. The summed E-state index contributed by atoms with van der Waals surface area (Å²) in [6, 6.07) is 9.43. The second kappa shape index (κ2) is 6.82. The molecule has 2 N–H and O–H groups in total. The number of nitrogens with two attached hydrogens (primary N) is 1. The standard InChI is InChI=1S/C23H18N2O3S2/c24-19-18-13-4-1-2-5-14(13)20(17-6-3-9-29-17)25-23(18)30-22(19)21(26)12-7-8-15-16(10-12)28-11-27-15/h3,6-10H,1-2,4-5,11,24H2. The summed E-state index contributed by atoms with van der Waals surface area (Å²) in [5.41, 5.74) is 11.3. The third kappa shape index (κ3) is 2.66. The van der Waals surface area contributed by atoms with Gasteiger partial charge in [0.25, 0.3) is 0 Å². The molecule has 1 aliphatic heterocycles. The van der Waals surface area contributed by atoms with Gasteiger partial charge in [-0.3, -0.25) is 4.79 Å². The molecule has 4 heterocycles. The average Bonchev–Trinajstić information content (AvgIpc) is 3.52. The Hall–Kier alpha value is -2.90. The highest BCUT2D eigenvalue weighted by molar-refractivity contribution is 7.21. The van der Waals surface area contributed by atoms with Gasteiger partial charge in [0, 0.05) is 10.9 Å². The zero-order chi connectivity index (χ0) is 20.2. The van der Waals surface area contributed by atoms with E-state index in [1.54, 1.807) is 29.5 Å². The lowest BCUT2D eigenvalue weighted by Crippen LogP contribution is -2.07. The monoisotopic (exact) mass is 434 g/mol. The number of aryl methyl sites for hydroxylation is 1. The molecule has 1 aromatic carbocycles. The predicted molar refractivity (Wildman–Crippen MR) is 120 cm³/mol. The maximum Gasteiger partial charge on any atom is 0.231 e. The maximum atomic E-state index is 13.3. The summed E-state index contributed by atoms with van der Waals surface area (Å²) in [7, 11) is 0. The fraction of sp³-hybridized carbons (Fsp3) is 0.217. The highest BCUT2D eigenvalue weighted by Gasteiger charge is 2.27.